The van der Waals surface area contributed by atoms with E-state index >= 15 is 0 Å². The van der Waals surface area contributed by atoms with Crippen molar-refractivity contribution in [3.05, 3.63) is 11.3 Å². The summed E-state index contributed by atoms with van der Waals surface area (Å²) >= 11 is 0. The molecule has 0 aliphatic heterocycles. The standard InChI is InChI=1S/C12H21BN2O2/c1-9(15)12-6-5-11(16-8-17-13)4-2-3-10(12)7-14/h7,10-11,14H,2-6,8,15H2,1H3/b12-9-,14-7?. The van der Waals surface area contributed by atoms with E-state index in [1.807, 2.05) is 6.92 Å². The largest absolute Gasteiger partial charge is 0.427 e. The van der Waals surface area contributed by atoms with Gasteiger partial charge in [0, 0.05) is 17.8 Å². The van der Waals surface area contributed by atoms with Gasteiger partial charge in [0.25, 0.3) is 8.05 Å². The predicted octanol–water partition coefficient (Wildman–Crippen LogP) is 1.89. The fourth-order valence-corrected chi connectivity index (χ4v) is 2.36. The Labute approximate surface area is 104 Å². The number of allylic oxidation sites excluding steroid dienone is 2. The highest BCUT2D eigenvalue weighted by atomic mass is 16.6. The molecule has 2 radical (unpaired) electrons. The summed E-state index contributed by atoms with van der Waals surface area (Å²) in [5.41, 5.74) is 7.91. The first-order chi connectivity index (χ1) is 8.19. The Kier molecular flexibility index (Phi) is 6.30. The van der Waals surface area contributed by atoms with Gasteiger partial charge in [-0.15, -0.1) is 0 Å². The van der Waals surface area contributed by atoms with Gasteiger partial charge in [0.2, 0.25) is 0 Å². The summed E-state index contributed by atoms with van der Waals surface area (Å²) in [6.45, 7) is 2.05. The van der Waals surface area contributed by atoms with Gasteiger partial charge in [-0.05, 0) is 44.6 Å². The Morgan fingerprint density at radius 3 is 2.88 bits per heavy atom. The highest BCUT2D eigenvalue weighted by Crippen LogP contribution is 2.28. The zero-order valence-electron chi connectivity index (χ0n) is 10.4. The molecule has 5 heteroatoms. The maximum atomic E-state index is 7.47. The van der Waals surface area contributed by atoms with E-state index in [0.29, 0.717) is 0 Å². The molecule has 0 aromatic rings. The van der Waals surface area contributed by atoms with Crippen molar-refractivity contribution in [1.29, 1.82) is 5.41 Å². The molecule has 3 N–H and O–H groups in total. The minimum absolute atomic E-state index is 0.138. The van der Waals surface area contributed by atoms with E-state index in [1.165, 1.54) is 11.8 Å². The van der Waals surface area contributed by atoms with Crippen LogP contribution in [-0.4, -0.2) is 27.2 Å². The van der Waals surface area contributed by atoms with E-state index in [1.54, 1.807) is 0 Å². The molecule has 17 heavy (non-hydrogen) atoms. The number of nitrogens with two attached hydrogens (primary N) is 1. The monoisotopic (exact) mass is 236 g/mol. The van der Waals surface area contributed by atoms with Crippen molar-refractivity contribution in [2.45, 2.75) is 45.1 Å². The highest BCUT2D eigenvalue weighted by molar-refractivity contribution is 5.97. The summed E-state index contributed by atoms with van der Waals surface area (Å²) in [5, 5.41) is 7.47. The summed E-state index contributed by atoms with van der Waals surface area (Å²) in [6, 6.07) is 0. The van der Waals surface area contributed by atoms with Crippen molar-refractivity contribution < 1.29 is 9.39 Å². The van der Waals surface area contributed by atoms with Crippen LogP contribution in [0.15, 0.2) is 11.3 Å². The summed E-state index contributed by atoms with van der Waals surface area (Å²) in [4.78, 5) is 0. The van der Waals surface area contributed by atoms with E-state index < -0.39 is 0 Å². The lowest BCUT2D eigenvalue weighted by Crippen LogP contribution is -2.21. The van der Waals surface area contributed by atoms with E-state index in [-0.39, 0.29) is 18.8 Å². The lowest BCUT2D eigenvalue weighted by Gasteiger charge is -2.25. The van der Waals surface area contributed by atoms with Gasteiger partial charge in [-0.1, -0.05) is 0 Å². The first kappa shape index (κ1) is 14.3. The summed E-state index contributed by atoms with van der Waals surface area (Å²) in [6.07, 6.45) is 6.48. The molecule has 4 nitrogen and oxygen atoms in total. The molecule has 2 unspecified atom stereocenters. The van der Waals surface area contributed by atoms with Gasteiger partial charge >= 0.3 is 0 Å². The predicted molar refractivity (Wildman–Crippen MR) is 68.8 cm³/mol. The molecule has 0 amide bonds. The number of hydrogen-bond acceptors (Lipinski definition) is 4. The summed E-state index contributed by atoms with van der Waals surface area (Å²) in [7, 11) is 4.95. The molecule has 2 atom stereocenters. The van der Waals surface area contributed by atoms with Crippen LogP contribution in [0.25, 0.3) is 0 Å². The van der Waals surface area contributed by atoms with Gasteiger partial charge < -0.3 is 20.5 Å². The number of rotatable bonds is 4. The van der Waals surface area contributed by atoms with Crippen LogP contribution in [0.3, 0.4) is 0 Å². The molecule has 1 aliphatic carbocycles. The topological polar surface area (TPSA) is 68.3 Å². The molecule has 0 aromatic carbocycles. The van der Waals surface area contributed by atoms with Crippen LogP contribution in [0.2, 0.25) is 0 Å². The molecule has 94 valence electrons. The fraction of sp³-hybridized carbons (Fsp3) is 0.750. The van der Waals surface area contributed by atoms with Gasteiger partial charge in [0.15, 0.2) is 0 Å². The van der Waals surface area contributed by atoms with Crippen molar-refractivity contribution in [3.63, 3.8) is 0 Å². The minimum atomic E-state index is 0.138. The third-order valence-electron chi connectivity index (χ3n) is 3.30. The summed E-state index contributed by atoms with van der Waals surface area (Å²) in [5.74, 6) is 0.201. The van der Waals surface area contributed by atoms with Crippen LogP contribution in [-0.2, 0) is 9.39 Å². The van der Waals surface area contributed by atoms with Crippen molar-refractivity contribution in [3.8, 4) is 0 Å². The zero-order valence-corrected chi connectivity index (χ0v) is 10.4. The van der Waals surface area contributed by atoms with Crippen molar-refractivity contribution in [2.75, 3.05) is 6.79 Å². The first-order valence-corrected chi connectivity index (χ1v) is 6.08. The van der Waals surface area contributed by atoms with Crippen LogP contribution in [0.5, 0.6) is 0 Å². The van der Waals surface area contributed by atoms with Gasteiger partial charge in [-0.2, -0.15) is 0 Å². The van der Waals surface area contributed by atoms with Crippen LogP contribution in [0.1, 0.15) is 39.0 Å². The van der Waals surface area contributed by atoms with Gasteiger partial charge in [-0.25, -0.2) is 0 Å². The van der Waals surface area contributed by atoms with Gasteiger partial charge in [0.1, 0.15) is 6.79 Å². The molecule has 0 spiro atoms. The second-order valence-corrected chi connectivity index (χ2v) is 4.52. The zero-order chi connectivity index (χ0) is 12.7. The normalized spacial score (nSPS) is 29.2. The molecule has 1 saturated carbocycles. The third-order valence-corrected chi connectivity index (χ3v) is 3.30. The third kappa shape index (κ3) is 4.52. The smallest absolute Gasteiger partial charge is 0.285 e. The average molecular weight is 236 g/mol. The molecule has 0 saturated heterocycles. The van der Waals surface area contributed by atoms with E-state index in [9.17, 15) is 0 Å². The minimum Gasteiger partial charge on any atom is -0.427 e. The quantitative estimate of drug-likeness (QED) is 0.445. The fourth-order valence-electron chi connectivity index (χ4n) is 2.36. The molecule has 1 rings (SSSR count). The van der Waals surface area contributed by atoms with Crippen molar-refractivity contribution >= 4 is 14.3 Å². The Morgan fingerprint density at radius 2 is 2.29 bits per heavy atom. The molecular formula is C12H21BN2O2. The Hall–Kier alpha value is -0.805. The van der Waals surface area contributed by atoms with Crippen LogP contribution < -0.4 is 5.73 Å². The first-order valence-electron chi connectivity index (χ1n) is 6.08. The maximum absolute atomic E-state index is 7.47. The molecule has 0 heterocycles. The van der Waals surface area contributed by atoms with E-state index in [2.05, 4.69) is 4.65 Å². The average Bonchev–Trinajstić information content (AvgIpc) is 2.27. The van der Waals surface area contributed by atoms with Gasteiger partial charge in [0.05, 0.1) is 6.10 Å². The number of ether oxygens (including phenoxy) is 1. The molecule has 1 fully saturated rings. The van der Waals surface area contributed by atoms with Crippen LogP contribution >= 0.6 is 0 Å². The second-order valence-electron chi connectivity index (χ2n) is 4.52. The van der Waals surface area contributed by atoms with Crippen LogP contribution in [0.4, 0.5) is 0 Å². The molecular weight excluding hydrogens is 215 g/mol. The second kappa shape index (κ2) is 7.51. The Morgan fingerprint density at radius 1 is 1.53 bits per heavy atom. The van der Waals surface area contributed by atoms with Gasteiger partial charge in [-0.3, -0.25) is 0 Å². The van der Waals surface area contributed by atoms with E-state index in [4.69, 9.17) is 23.9 Å². The van der Waals surface area contributed by atoms with E-state index in [0.717, 1.165) is 37.8 Å². The molecule has 0 bridgehead atoms. The molecule has 1 aliphatic rings. The van der Waals surface area contributed by atoms with Crippen LogP contribution in [0, 0.1) is 11.3 Å². The SMILES string of the molecule is [B]OCOC1CCCC(C=N)/C(=C(/C)N)CC1. The highest BCUT2D eigenvalue weighted by Gasteiger charge is 2.20. The summed E-state index contributed by atoms with van der Waals surface area (Å²) < 4.78 is 9.94. The van der Waals surface area contributed by atoms with Crippen molar-refractivity contribution in [2.24, 2.45) is 11.7 Å². The number of nitrogens with one attached hydrogen (secondary N) is 1. The Balaban J connectivity index is 2.61. The lowest BCUT2D eigenvalue weighted by molar-refractivity contribution is -0.0413. The lowest BCUT2D eigenvalue weighted by atomic mass is 9.85. The van der Waals surface area contributed by atoms with Crippen molar-refractivity contribution in [1.82, 2.24) is 0 Å². The maximum Gasteiger partial charge on any atom is 0.285 e. The number of hydrogen-bond donors (Lipinski definition) is 2. The Bertz CT molecular complexity index is 278. The molecule has 0 aromatic heterocycles.